The number of ether oxygens (including phenoxy) is 1. The molecule has 0 aliphatic rings. The average Bonchev–Trinajstić information content (AvgIpc) is 2.76. The van der Waals surface area contributed by atoms with Crippen LogP contribution in [-0.2, 0) is 10.3 Å². The van der Waals surface area contributed by atoms with Crippen LogP contribution < -0.4 is 5.73 Å². The molecule has 1 rings (SSSR count). The van der Waals surface area contributed by atoms with Gasteiger partial charge in [-0.15, -0.1) is 11.3 Å². The summed E-state index contributed by atoms with van der Waals surface area (Å²) in [6, 6.07) is 0. The smallest absolute Gasteiger partial charge is 0.357 e. The Hall–Kier alpha value is -0.940. The van der Waals surface area contributed by atoms with Crippen molar-refractivity contribution >= 4 is 17.3 Å². The van der Waals surface area contributed by atoms with Gasteiger partial charge in [-0.25, -0.2) is 9.78 Å². The Labute approximate surface area is 93.5 Å². The minimum absolute atomic E-state index is 0.342. The fourth-order valence-corrected chi connectivity index (χ4v) is 2.30. The zero-order valence-corrected chi connectivity index (χ0v) is 10.1. The molecular formula is C10H16N2O2S. The zero-order chi connectivity index (χ0) is 11.5. The van der Waals surface area contributed by atoms with Gasteiger partial charge in [0.2, 0.25) is 0 Å². The number of carbonyl (C=O) groups excluding carboxylic acids is 1. The number of methoxy groups -OCH3 is 1. The summed E-state index contributed by atoms with van der Waals surface area (Å²) in [5, 5.41) is 2.49. The SMILES string of the molecule is CCC(N)(CC)c1nc(C(=O)OC)cs1. The van der Waals surface area contributed by atoms with Gasteiger partial charge in [0.05, 0.1) is 12.6 Å². The van der Waals surface area contributed by atoms with E-state index in [-0.39, 0.29) is 0 Å². The van der Waals surface area contributed by atoms with E-state index in [0.717, 1.165) is 17.8 Å². The third kappa shape index (κ3) is 2.35. The molecule has 0 saturated heterocycles. The van der Waals surface area contributed by atoms with Gasteiger partial charge >= 0.3 is 5.97 Å². The zero-order valence-electron chi connectivity index (χ0n) is 9.24. The van der Waals surface area contributed by atoms with E-state index in [9.17, 15) is 4.79 Å². The molecular weight excluding hydrogens is 212 g/mol. The van der Waals surface area contributed by atoms with Crippen molar-refractivity contribution in [2.45, 2.75) is 32.2 Å². The molecule has 0 amide bonds. The van der Waals surface area contributed by atoms with Crippen molar-refractivity contribution in [3.05, 3.63) is 16.1 Å². The number of nitrogens with zero attached hydrogens (tertiary/aromatic N) is 1. The van der Waals surface area contributed by atoms with Gasteiger partial charge in [-0.3, -0.25) is 0 Å². The Kier molecular flexibility index (Phi) is 3.82. The van der Waals surface area contributed by atoms with Crippen LogP contribution in [0.25, 0.3) is 0 Å². The van der Waals surface area contributed by atoms with Crippen molar-refractivity contribution in [2.24, 2.45) is 5.73 Å². The van der Waals surface area contributed by atoms with E-state index in [4.69, 9.17) is 5.73 Å². The van der Waals surface area contributed by atoms with E-state index in [0.29, 0.717) is 5.69 Å². The maximum absolute atomic E-state index is 11.2. The van der Waals surface area contributed by atoms with Crippen LogP contribution >= 0.6 is 11.3 Å². The Balaban J connectivity index is 2.97. The molecule has 0 radical (unpaired) electrons. The van der Waals surface area contributed by atoms with Gasteiger partial charge in [-0.2, -0.15) is 0 Å². The molecule has 1 aromatic rings. The highest BCUT2D eigenvalue weighted by Crippen LogP contribution is 2.28. The van der Waals surface area contributed by atoms with Crippen LogP contribution in [0.5, 0.6) is 0 Å². The van der Waals surface area contributed by atoms with Gasteiger partial charge in [0.25, 0.3) is 0 Å². The second-order valence-electron chi connectivity index (χ2n) is 3.39. The first-order valence-electron chi connectivity index (χ1n) is 4.90. The quantitative estimate of drug-likeness (QED) is 0.799. The summed E-state index contributed by atoms with van der Waals surface area (Å²) in [5.74, 6) is -0.410. The first-order valence-corrected chi connectivity index (χ1v) is 5.78. The summed E-state index contributed by atoms with van der Waals surface area (Å²) in [5.41, 5.74) is 6.09. The van der Waals surface area contributed by atoms with E-state index in [2.05, 4.69) is 9.72 Å². The summed E-state index contributed by atoms with van der Waals surface area (Å²) in [6.45, 7) is 4.03. The van der Waals surface area contributed by atoms with Crippen LogP contribution in [0.1, 0.15) is 42.2 Å². The van der Waals surface area contributed by atoms with Gasteiger partial charge in [0, 0.05) is 5.38 Å². The molecule has 0 spiro atoms. The van der Waals surface area contributed by atoms with Crippen molar-refractivity contribution in [3.8, 4) is 0 Å². The Morgan fingerprint density at radius 1 is 1.60 bits per heavy atom. The Morgan fingerprint density at radius 3 is 2.67 bits per heavy atom. The minimum atomic E-state index is -0.420. The van der Waals surface area contributed by atoms with Crippen LogP contribution in [0.2, 0.25) is 0 Å². The fourth-order valence-electron chi connectivity index (χ4n) is 1.25. The monoisotopic (exact) mass is 228 g/mol. The van der Waals surface area contributed by atoms with E-state index >= 15 is 0 Å². The second-order valence-corrected chi connectivity index (χ2v) is 4.25. The maximum atomic E-state index is 11.2. The molecule has 0 aromatic carbocycles. The number of carbonyl (C=O) groups is 1. The van der Waals surface area contributed by atoms with Gasteiger partial charge in [-0.1, -0.05) is 13.8 Å². The second kappa shape index (κ2) is 4.72. The fraction of sp³-hybridized carbons (Fsp3) is 0.600. The standard InChI is InChI=1S/C10H16N2O2S/c1-4-10(11,5-2)9-12-7(6-15-9)8(13)14-3/h6H,4-5,11H2,1-3H3. The van der Waals surface area contributed by atoms with Crippen molar-refractivity contribution in [1.29, 1.82) is 0 Å². The molecule has 4 nitrogen and oxygen atoms in total. The first kappa shape index (κ1) is 12.1. The van der Waals surface area contributed by atoms with Crippen LogP contribution in [0.3, 0.4) is 0 Å². The molecule has 84 valence electrons. The van der Waals surface area contributed by atoms with Gasteiger partial charge in [0.1, 0.15) is 5.01 Å². The lowest BCUT2D eigenvalue weighted by atomic mass is 9.95. The number of nitrogens with two attached hydrogens (primary N) is 1. The van der Waals surface area contributed by atoms with Gasteiger partial charge < -0.3 is 10.5 Å². The molecule has 5 heteroatoms. The largest absolute Gasteiger partial charge is 0.464 e. The molecule has 0 aliphatic heterocycles. The van der Waals surface area contributed by atoms with Crippen LogP contribution in [0.15, 0.2) is 5.38 Å². The van der Waals surface area contributed by atoms with E-state index in [1.54, 1.807) is 5.38 Å². The number of aromatic nitrogens is 1. The number of rotatable bonds is 4. The van der Waals surface area contributed by atoms with Crippen molar-refractivity contribution < 1.29 is 9.53 Å². The molecule has 1 heterocycles. The Bertz CT molecular complexity index is 345. The summed E-state index contributed by atoms with van der Waals surface area (Å²) in [7, 11) is 1.34. The number of hydrogen-bond acceptors (Lipinski definition) is 5. The molecule has 0 bridgehead atoms. The summed E-state index contributed by atoms with van der Waals surface area (Å²) >= 11 is 1.41. The summed E-state index contributed by atoms with van der Waals surface area (Å²) < 4.78 is 4.59. The first-order chi connectivity index (χ1) is 7.07. The van der Waals surface area contributed by atoms with Crippen molar-refractivity contribution in [1.82, 2.24) is 4.98 Å². The summed E-state index contributed by atoms with van der Waals surface area (Å²) in [4.78, 5) is 15.4. The topological polar surface area (TPSA) is 65.2 Å². The number of esters is 1. The maximum Gasteiger partial charge on any atom is 0.357 e. The van der Waals surface area contributed by atoms with Crippen LogP contribution in [0, 0.1) is 0 Å². The predicted molar refractivity (Wildman–Crippen MR) is 59.9 cm³/mol. The lowest BCUT2D eigenvalue weighted by molar-refractivity contribution is 0.0594. The van der Waals surface area contributed by atoms with Crippen molar-refractivity contribution in [3.63, 3.8) is 0 Å². The molecule has 2 N–H and O–H groups in total. The Morgan fingerprint density at radius 2 is 2.20 bits per heavy atom. The molecule has 0 atom stereocenters. The van der Waals surface area contributed by atoms with Crippen molar-refractivity contribution in [2.75, 3.05) is 7.11 Å². The average molecular weight is 228 g/mol. The van der Waals surface area contributed by atoms with Crippen LogP contribution in [-0.4, -0.2) is 18.1 Å². The minimum Gasteiger partial charge on any atom is -0.464 e. The normalized spacial score (nSPS) is 11.5. The number of thiazole rings is 1. The van der Waals surface area contributed by atoms with Gasteiger partial charge in [0.15, 0.2) is 5.69 Å². The summed E-state index contributed by atoms with van der Waals surface area (Å²) in [6.07, 6.45) is 1.61. The van der Waals surface area contributed by atoms with Gasteiger partial charge in [-0.05, 0) is 12.8 Å². The molecule has 0 saturated carbocycles. The molecule has 0 fully saturated rings. The molecule has 0 aliphatic carbocycles. The number of hydrogen-bond donors (Lipinski definition) is 1. The van der Waals surface area contributed by atoms with Crippen LogP contribution in [0.4, 0.5) is 0 Å². The highest BCUT2D eigenvalue weighted by molar-refractivity contribution is 7.10. The molecule has 0 unspecified atom stereocenters. The lowest BCUT2D eigenvalue weighted by Crippen LogP contribution is -2.35. The van der Waals surface area contributed by atoms with E-state index < -0.39 is 11.5 Å². The highest BCUT2D eigenvalue weighted by atomic mass is 32.1. The molecule has 15 heavy (non-hydrogen) atoms. The lowest BCUT2D eigenvalue weighted by Gasteiger charge is -2.23. The third-order valence-corrected chi connectivity index (χ3v) is 3.65. The highest BCUT2D eigenvalue weighted by Gasteiger charge is 2.27. The molecule has 1 aromatic heterocycles. The third-order valence-electron chi connectivity index (χ3n) is 2.59. The van der Waals surface area contributed by atoms with E-state index in [1.807, 2.05) is 13.8 Å². The van der Waals surface area contributed by atoms with E-state index in [1.165, 1.54) is 18.4 Å². The predicted octanol–water partition coefficient (Wildman–Crippen LogP) is 1.90.